The fourth-order valence-electron chi connectivity index (χ4n) is 12.7. The lowest BCUT2D eigenvalue weighted by Gasteiger charge is -2.22. The molecule has 17 aromatic rings. The molecule has 7 aromatic carbocycles. The van der Waals surface area contributed by atoms with Crippen LogP contribution in [0.2, 0.25) is 0 Å². The first-order chi connectivity index (χ1) is 53.0. The average Bonchev–Trinajstić information content (AvgIpc) is 1.66. The van der Waals surface area contributed by atoms with E-state index in [1.54, 1.807) is 18.2 Å². The minimum absolute atomic E-state index is 0.0551. The molecule has 0 radical (unpaired) electrons. The summed E-state index contributed by atoms with van der Waals surface area (Å²) >= 11 is 0. The summed E-state index contributed by atoms with van der Waals surface area (Å²) in [5, 5.41) is 19.0. The van der Waals surface area contributed by atoms with E-state index in [1.165, 1.54) is 24.5 Å². The Kier molecular flexibility index (Phi) is 20.9. The van der Waals surface area contributed by atoms with E-state index in [-0.39, 0.29) is 11.4 Å². The number of aryl methyl sites for hydroxylation is 5. The molecule has 109 heavy (non-hydrogen) atoms. The molecule has 19 rings (SSSR count). The highest BCUT2D eigenvalue weighted by atomic mass is 19.1. The van der Waals surface area contributed by atoms with Gasteiger partial charge in [0.2, 0.25) is 0 Å². The standard InChI is InChI=1S/C20H18N4.C19H15N3.C17H18N4.C17H20N4.C16H15FN4/c1-14-12-17-19(21-13-15-8-4-2-5-9-15)23-18(24-20(17)22-14)16-10-6-3-7-11-16;1-13-12-16-17(14-8-4-2-5-9-14)21-18(22-19(16)20-13)15-10-6-3-7-11-15;1-11-9-14-16(18-10-12-7-8-12)20-15(21-17(14)19-11)13-5-3-2-4-6-13;1-11-10-13-15(18-11)19-14(12-8-6-5-7-9-12)20-16(13)21-17(2,3)4;1-9-8-12-15(18-9)20-14(11-4-2-3-5-13(11)17)21-16(12)19-10-6-7-10/h2-12H,13H2,1H3,(H2,21,22,23,24);2-12H,1H3,(H,20,21,22);2-6,9,12H,7-8,10H2,1H3,(H2,18,19,20,21);5-10H,1-4H3,(H2,18,19,20,21);2-5,8,10H,6-7H2,1H3,(H2,18,19,20,21). The number of H-pyrrole nitrogens is 5. The van der Waals surface area contributed by atoms with Gasteiger partial charge in [-0.15, -0.1) is 0 Å². The van der Waals surface area contributed by atoms with Crippen LogP contribution in [0.15, 0.2) is 237 Å². The zero-order valence-electron chi connectivity index (χ0n) is 62.3. The molecule has 0 saturated heterocycles. The van der Waals surface area contributed by atoms with Crippen LogP contribution in [0.5, 0.6) is 0 Å². The maximum atomic E-state index is 14.0. The van der Waals surface area contributed by atoms with Crippen molar-refractivity contribution in [2.45, 2.75) is 99.2 Å². The highest BCUT2D eigenvalue weighted by Crippen LogP contribution is 2.36. The molecule has 19 nitrogen and oxygen atoms in total. The normalized spacial score (nSPS) is 12.5. The summed E-state index contributed by atoms with van der Waals surface area (Å²) in [5.41, 5.74) is 17.4. The van der Waals surface area contributed by atoms with E-state index in [4.69, 9.17) is 19.9 Å². The van der Waals surface area contributed by atoms with Crippen molar-refractivity contribution >= 4 is 78.4 Å². The molecule has 0 atom stereocenters. The fraction of sp³-hybridized carbons (Fsp3) is 0.191. The summed E-state index contributed by atoms with van der Waals surface area (Å²) in [6.07, 6.45) is 4.98. The number of benzene rings is 7. The van der Waals surface area contributed by atoms with Gasteiger partial charge in [-0.2, -0.15) is 0 Å². The zero-order chi connectivity index (χ0) is 75.0. The number of nitrogens with one attached hydrogen (secondary N) is 9. The highest BCUT2D eigenvalue weighted by molar-refractivity contribution is 5.95. The van der Waals surface area contributed by atoms with Crippen molar-refractivity contribution in [3.05, 3.63) is 276 Å². The molecule has 544 valence electrons. The summed E-state index contributed by atoms with van der Waals surface area (Å²) in [7, 11) is 0. The Hall–Kier alpha value is -13.2. The van der Waals surface area contributed by atoms with E-state index in [1.807, 2.05) is 191 Å². The molecule has 2 saturated carbocycles. The van der Waals surface area contributed by atoms with Gasteiger partial charge in [-0.3, -0.25) is 0 Å². The second-order valence-corrected chi connectivity index (χ2v) is 28.8. The van der Waals surface area contributed by atoms with Gasteiger partial charge >= 0.3 is 0 Å². The molecule has 20 heteroatoms. The second kappa shape index (κ2) is 31.8. The molecule has 0 bridgehead atoms. The van der Waals surface area contributed by atoms with E-state index in [0.717, 1.165) is 196 Å². The van der Waals surface area contributed by atoms with Gasteiger partial charge in [0.15, 0.2) is 29.1 Å². The number of rotatable bonds is 15. The van der Waals surface area contributed by atoms with Gasteiger partial charge in [-0.25, -0.2) is 54.2 Å². The first-order valence-corrected chi connectivity index (χ1v) is 37.0. The van der Waals surface area contributed by atoms with Crippen molar-refractivity contribution < 1.29 is 4.39 Å². The lowest BCUT2D eigenvalue weighted by Crippen LogP contribution is -2.27. The molecule has 2 aliphatic rings. The predicted molar refractivity (Wildman–Crippen MR) is 441 cm³/mol. The molecule has 2 aliphatic carbocycles. The third kappa shape index (κ3) is 17.7. The van der Waals surface area contributed by atoms with Gasteiger partial charge in [-0.1, -0.05) is 194 Å². The lowest BCUT2D eigenvalue weighted by molar-refractivity contribution is 0.630. The van der Waals surface area contributed by atoms with Crippen LogP contribution in [0.3, 0.4) is 0 Å². The van der Waals surface area contributed by atoms with Crippen molar-refractivity contribution in [1.82, 2.24) is 74.8 Å². The Morgan fingerprint density at radius 2 is 0.688 bits per heavy atom. The summed E-state index contributed by atoms with van der Waals surface area (Å²) in [5.74, 6) is 7.33. The highest BCUT2D eigenvalue weighted by Gasteiger charge is 2.25. The molecular weight excluding hydrogens is 1350 g/mol. The first kappa shape index (κ1) is 71.4. The van der Waals surface area contributed by atoms with Crippen LogP contribution in [-0.2, 0) is 6.54 Å². The van der Waals surface area contributed by atoms with Gasteiger partial charge in [0.05, 0.1) is 32.8 Å². The van der Waals surface area contributed by atoms with Crippen LogP contribution in [0.1, 0.15) is 80.5 Å². The Bertz CT molecular complexity index is 5940. The quantitative estimate of drug-likeness (QED) is 0.0463. The summed E-state index contributed by atoms with van der Waals surface area (Å²) < 4.78 is 14.0. The maximum Gasteiger partial charge on any atom is 0.166 e. The lowest BCUT2D eigenvalue weighted by atomic mass is 10.1. The number of hydrogen-bond donors (Lipinski definition) is 9. The Labute approximate surface area is 631 Å². The van der Waals surface area contributed by atoms with Crippen LogP contribution >= 0.6 is 0 Å². The molecular formula is C89H86FN19. The zero-order valence-corrected chi connectivity index (χ0v) is 62.3. The predicted octanol–water partition coefficient (Wildman–Crippen LogP) is 20.7. The van der Waals surface area contributed by atoms with E-state index >= 15 is 0 Å². The van der Waals surface area contributed by atoms with Crippen LogP contribution in [0.4, 0.5) is 27.7 Å². The van der Waals surface area contributed by atoms with Gasteiger partial charge in [0.1, 0.15) is 57.3 Å². The number of aromatic amines is 5. The topological polar surface area (TPSA) is 256 Å². The summed E-state index contributed by atoms with van der Waals surface area (Å²) in [4.78, 5) is 63.2. The van der Waals surface area contributed by atoms with Crippen LogP contribution in [-0.4, -0.2) is 92.9 Å². The summed E-state index contributed by atoms with van der Waals surface area (Å²) in [6, 6.07) is 78.3. The smallest absolute Gasteiger partial charge is 0.166 e. The molecule has 0 unspecified atom stereocenters. The second-order valence-electron chi connectivity index (χ2n) is 28.8. The Morgan fingerprint density at radius 1 is 0.349 bits per heavy atom. The molecule has 0 aliphatic heterocycles. The third-order valence-corrected chi connectivity index (χ3v) is 18.4. The van der Waals surface area contributed by atoms with Gasteiger partial charge in [-0.05, 0) is 135 Å². The SMILES string of the molecule is Cc1cc2c(-c3ccccc3)nc(-c3ccccc3)nc2[nH]1.Cc1cc2c(NC(C)(C)C)nc(-c3ccccc3)nc2[nH]1.Cc1cc2c(NC3CC3)nc(-c3ccccc3F)nc2[nH]1.Cc1cc2c(NCC3CC3)nc(-c3ccccc3)nc2[nH]1.Cc1cc2c(NCc3ccccc3)nc(-c3ccccc3)nc2[nH]1. The molecule has 0 spiro atoms. The van der Waals surface area contributed by atoms with E-state index in [0.29, 0.717) is 17.4 Å². The maximum absolute atomic E-state index is 14.0. The fourth-order valence-corrected chi connectivity index (χ4v) is 12.7. The Morgan fingerprint density at radius 3 is 1.11 bits per heavy atom. The molecule has 10 aromatic heterocycles. The van der Waals surface area contributed by atoms with Crippen LogP contribution in [0, 0.1) is 46.4 Å². The summed E-state index contributed by atoms with van der Waals surface area (Å²) in [6.45, 7) is 18.2. The van der Waals surface area contributed by atoms with Gasteiger partial charge in [0.25, 0.3) is 0 Å². The molecule has 9 N–H and O–H groups in total. The number of aromatic nitrogens is 15. The Balaban J connectivity index is 0.000000109. The third-order valence-electron chi connectivity index (χ3n) is 18.4. The molecule has 0 amide bonds. The molecule has 10 heterocycles. The molecule has 2 fully saturated rings. The number of halogens is 1. The van der Waals surface area contributed by atoms with E-state index < -0.39 is 0 Å². The average molecular weight is 1440 g/mol. The number of nitrogens with zero attached hydrogens (tertiary/aromatic N) is 10. The first-order valence-electron chi connectivity index (χ1n) is 37.0. The van der Waals surface area contributed by atoms with Crippen molar-refractivity contribution in [3.63, 3.8) is 0 Å². The number of hydrogen-bond acceptors (Lipinski definition) is 14. The van der Waals surface area contributed by atoms with Crippen LogP contribution in [0.25, 0.3) is 123 Å². The van der Waals surface area contributed by atoms with Crippen molar-refractivity contribution in [3.8, 4) is 68.2 Å². The van der Waals surface area contributed by atoms with Crippen molar-refractivity contribution in [2.24, 2.45) is 5.92 Å². The number of fused-ring (bicyclic) bond motifs is 5. The van der Waals surface area contributed by atoms with Crippen molar-refractivity contribution in [1.29, 1.82) is 0 Å². The number of anilines is 4. The van der Waals surface area contributed by atoms with Gasteiger partial charge < -0.3 is 46.2 Å². The van der Waals surface area contributed by atoms with Crippen LogP contribution < -0.4 is 21.3 Å². The van der Waals surface area contributed by atoms with Gasteiger partial charge in [0, 0.05) is 86.3 Å². The van der Waals surface area contributed by atoms with E-state index in [9.17, 15) is 4.39 Å². The minimum atomic E-state index is -0.308. The monoisotopic (exact) mass is 1440 g/mol. The van der Waals surface area contributed by atoms with E-state index in [2.05, 4.69) is 152 Å². The van der Waals surface area contributed by atoms with Crippen molar-refractivity contribution in [2.75, 3.05) is 27.8 Å². The largest absolute Gasteiger partial charge is 0.369 e. The minimum Gasteiger partial charge on any atom is -0.369 e.